The molecule has 0 aliphatic rings. The number of allylic oxidation sites excluding steroid dienone is 1. The Morgan fingerprint density at radius 1 is 0.850 bits per heavy atom. The summed E-state index contributed by atoms with van der Waals surface area (Å²) in [6.45, 7) is 1.69. The number of rotatable bonds is 3. The van der Waals surface area contributed by atoms with Crippen molar-refractivity contribution in [3.63, 3.8) is 0 Å². The van der Waals surface area contributed by atoms with Gasteiger partial charge in [0.25, 0.3) is 0 Å². The molecular weight excluding hydrogens is 268 g/mol. The summed E-state index contributed by atoms with van der Waals surface area (Å²) in [5.41, 5.74) is 1.11. The van der Waals surface area contributed by atoms with Gasteiger partial charge < -0.3 is 0 Å². The first-order chi connectivity index (χ1) is 9.51. The molecule has 2 aromatic carbocycles. The van der Waals surface area contributed by atoms with Crippen molar-refractivity contribution in [3.8, 4) is 0 Å². The highest BCUT2D eigenvalue weighted by molar-refractivity contribution is 5.51. The third-order valence-corrected chi connectivity index (χ3v) is 2.85. The SMILES string of the molecule is C/C=C/c1cc(Cc2ccc(F)c(F)c2)cc(F)c1F. The molecule has 0 aromatic heterocycles. The molecule has 0 bridgehead atoms. The average molecular weight is 280 g/mol. The van der Waals surface area contributed by atoms with E-state index in [0.29, 0.717) is 11.1 Å². The molecule has 0 amide bonds. The van der Waals surface area contributed by atoms with Crippen molar-refractivity contribution in [2.45, 2.75) is 13.3 Å². The molecule has 0 fully saturated rings. The van der Waals surface area contributed by atoms with Gasteiger partial charge in [0, 0.05) is 5.56 Å². The molecule has 0 N–H and O–H groups in total. The minimum absolute atomic E-state index is 0.130. The van der Waals surface area contributed by atoms with E-state index in [9.17, 15) is 17.6 Å². The van der Waals surface area contributed by atoms with Crippen LogP contribution in [-0.2, 0) is 6.42 Å². The molecule has 4 heteroatoms. The summed E-state index contributed by atoms with van der Waals surface area (Å²) in [6.07, 6.45) is 3.24. The van der Waals surface area contributed by atoms with Gasteiger partial charge in [-0.25, -0.2) is 17.6 Å². The van der Waals surface area contributed by atoms with Crippen molar-refractivity contribution in [2.75, 3.05) is 0 Å². The Morgan fingerprint density at radius 3 is 2.20 bits per heavy atom. The minimum Gasteiger partial charge on any atom is -0.204 e. The minimum atomic E-state index is -0.960. The highest BCUT2D eigenvalue weighted by atomic mass is 19.2. The van der Waals surface area contributed by atoms with Gasteiger partial charge in [0.1, 0.15) is 0 Å². The largest absolute Gasteiger partial charge is 0.204 e. The van der Waals surface area contributed by atoms with Gasteiger partial charge in [-0.2, -0.15) is 0 Å². The molecule has 0 atom stereocenters. The summed E-state index contributed by atoms with van der Waals surface area (Å²) in [4.78, 5) is 0. The third-order valence-electron chi connectivity index (χ3n) is 2.85. The normalized spacial score (nSPS) is 11.2. The van der Waals surface area contributed by atoms with Gasteiger partial charge in [-0.15, -0.1) is 0 Å². The van der Waals surface area contributed by atoms with Crippen molar-refractivity contribution >= 4 is 6.08 Å². The highest BCUT2D eigenvalue weighted by Crippen LogP contribution is 2.20. The Bertz CT molecular complexity index is 660. The molecule has 2 rings (SSSR count). The van der Waals surface area contributed by atoms with Gasteiger partial charge in [0.05, 0.1) is 0 Å². The standard InChI is InChI=1S/C16H12F4/c1-2-3-12-7-11(9-15(19)16(12)20)6-10-4-5-13(17)14(18)8-10/h2-5,7-9H,6H2,1H3/b3-2+. The average Bonchev–Trinajstić information content (AvgIpc) is 2.40. The maximum atomic E-state index is 13.5. The molecule has 0 unspecified atom stereocenters. The Kier molecular flexibility index (Phi) is 4.23. The molecule has 0 radical (unpaired) electrons. The van der Waals surface area contributed by atoms with Crippen LogP contribution in [0.15, 0.2) is 36.4 Å². The monoisotopic (exact) mass is 280 g/mol. The van der Waals surface area contributed by atoms with Crippen LogP contribution in [0.5, 0.6) is 0 Å². The molecular formula is C16H12F4. The second kappa shape index (κ2) is 5.90. The molecule has 0 spiro atoms. The fourth-order valence-corrected chi connectivity index (χ4v) is 1.96. The third kappa shape index (κ3) is 3.07. The van der Waals surface area contributed by atoms with E-state index in [0.717, 1.165) is 18.2 Å². The fraction of sp³-hybridized carbons (Fsp3) is 0.125. The Balaban J connectivity index is 2.35. The van der Waals surface area contributed by atoms with E-state index in [-0.39, 0.29) is 12.0 Å². The van der Waals surface area contributed by atoms with Crippen molar-refractivity contribution < 1.29 is 17.6 Å². The summed E-state index contributed by atoms with van der Waals surface area (Å²) in [5.74, 6) is -3.78. The first-order valence-electron chi connectivity index (χ1n) is 6.06. The molecule has 2 aromatic rings. The lowest BCUT2D eigenvalue weighted by Crippen LogP contribution is -1.96. The van der Waals surface area contributed by atoms with E-state index < -0.39 is 23.3 Å². The van der Waals surface area contributed by atoms with Crippen LogP contribution in [0.25, 0.3) is 6.08 Å². The van der Waals surface area contributed by atoms with E-state index >= 15 is 0 Å². The van der Waals surface area contributed by atoms with Gasteiger partial charge in [0.2, 0.25) is 0 Å². The highest BCUT2D eigenvalue weighted by Gasteiger charge is 2.10. The molecule has 0 aliphatic carbocycles. The summed E-state index contributed by atoms with van der Waals surface area (Å²) in [5, 5.41) is 0. The van der Waals surface area contributed by atoms with E-state index in [1.807, 2.05) is 0 Å². The fourth-order valence-electron chi connectivity index (χ4n) is 1.96. The predicted molar refractivity (Wildman–Crippen MR) is 70.2 cm³/mol. The van der Waals surface area contributed by atoms with E-state index in [2.05, 4.69) is 0 Å². The van der Waals surface area contributed by atoms with Crippen LogP contribution in [0.2, 0.25) is 0 Å². The van der Waals surface area contributed by atoms with Crippen LogP contribution >= 0.6 is 0 Å². The Morgan fingerprint density at radius 2 is 1.55 bits per heavy atom. The maximum Gasteiger partial charge on any atom is 0.166 e. The topological polar surface area (TPSA) is 0 Å². The zero-order valence-corrected chi connectivity index (χ0v) is 10.8. The molecule has 0 saturated carbocycles. The van der Waals surface area contributed by atoms with E-state index in [4.69, 9.17) is 0 Å². The van der Waals surface area contributed by atoms with Crippen LogP contribution in [0.3, 0.4) is 0 Å². The van der Waals surface area contributed by atoms with Crippen molar-refractivity contribution in [1.82, 2.24) is 0 Å². The van der Waals surface area contributed by atoms with Gasteiger partial charge in [0.15, 0.2) is 23.3 Å². The lowest BCUT2D eigenvalue weighted by atomic mass is 10.0. The van der Waals surface area contributed by atoms with Gasteiger partial charge in [-0.05, 0) is 48.7 Å². The second-order valence-corrected chi connectivity index (χ2v) is 4.41. The molecule has 104 valence electrons. The number of hydrogen-bond donors (Lipinski definition) is 0. The van der Waals surface area contributed by atoms with Crippen molar-refractivity contribution in [1.29, 1.82) is 0 Å². The quantitative estimate of drug-likeness (QED) is 0.704. The van der Waals surface area contributed by atoms with Gasteiger partial charge in [-0.3, -0.25) is 0 Å². The predicted octanol–water partition coefficient (Wildman–Crippen LogP) is 4.87. The number of hydrogen-bond acceptors (Lipinski definition) is 0. The molecule has 0 nitrogen and oxygen atoms in total. The second-order valence-electron chi connectivity index (χ2n) is 4.41. The zero-order chi connectivity index (χ0) is 14.7. The molecule has 20 heavy (non-hydrogen) atoms. The first-order valence-corrected chi connectivity index (χ1v) is 6.06. The zero-order valence-electron chi connectivity index (χ0n) is 10.8. The van der Waals surface area contributed by atoms with Gasteiger partial charge >= 0.3 is 0 Å². The first kappa shape index (κ1) is 14.3. The molecule has 0 saturated heterocycles. The van der Waals surface area contributed by atoms with E-state index in [1.54, 1.807) is 13.0 Å². The maximum absolute atomic E-state index is 13.5. The summed E-state index contributed by atoms with van der Waals surface area (Å²) < 4.78 is 52.9. The lowest BCUT2D eigenvalue weighted by Gasteiger charge is -2.06. The Labute approximate surface area is 114 Å². The van der Waals surface area contributed by atoms with Crippen molar-refractivity contribution in [3.05, 3.63) is 76.4 Å². The van der Waals surface area contributed by atoms with Crippen LogP contribution < -0.4 is 0 Å². The van der Waals surface area contributed by atoms with Gasteiger partial charge in [-0.1, -0.05) is 18.2 Å². The Hall–Kier alpha value is -2.10. The molecule has 0 heterocycles. The number of benzene rings is 2. The van der Waals surface area contributed by atoms with Crippen LogP contribution in [-0.4, -0.2) is 0 Å². The smallest absolute Gasteiger partial charge is 0.166 e. The van der Waals surface area contributed by atoms with Crippen molar-refractivity contribution in [2.24, 2.45) is 0 Å². The summed E-state index contributed by atoms with van der Waals surface area (Å²) in [7, 11) is 0. The molecule has 0 aliphatic heterocycles. The van der Waals surface area contributed by atoms with E-state index in [1.165, 1.54) is 18.2 Å². The summed E-state index contributed by atoms with van der Waals surface area (Å²) >= 11 is 0. The summed E-state index contributed by atoms with van der Waals surface area (Å²) in [6, 6.07) is 6.02. The van der Waals surface area contributed by atoms with Crippen LogP contribution in [0.4, 0.5) is 17.6 Å². The van der Waals surface area contributed by atoms with Crippen LogP contribution in [0, 0.1) is 23.3 Å². The number of halogens is 4. The lowest BCUT2D eigenvalue weighted by molar-refractivity contribution is 0.504. The van der Waals surface area contributed by atoms with Crippen LogP contribution in [0.1, 0.15) is 23.6 Å².